The van der Waals surface area contributed by atoms with Gasteiger partial charge >= 0.3 is 0 Å². The van der Waals surface area contributed by atoms with Crippen molar-refractivity contribution in [2.75, 3.05) is 0 Å². The molecule has 0 aliphatic heterocycles. The van der Waals surface area contributed by atoms with Gasteiger partial charge in [0.1, 0.15) is 0 Å². The number of hydrazine groups is 1. The third-order valence-corrected chi connectivity index (χ3v) is 3.32. The molecular weight excluding hydrogens is 294 g/mol. The van der Waals surface area contributed by atoms with E-state index >= 15 is 0 Å². The van der Waals surface area contributed by atoms with Crippen molar-refractivity contribution in [3.8, 4) is 0 Å². The highest BCUT2D eigenvalue weighted by molar-refractivity contribution is 6.07. The van der Waals surface area contributed by atoms with E-state index in [0.29, 0.717) is 16.5 Å². The molecule has 1 heterocycles. The smallest absolute Gasteiger partial charge is 0.270 e. The molecule has 2 amide bonds. The third-order valence-electron chi connectivity index (χ3n) is 3.32. The van der Waals surface area contributed by atoms with Gasteiger partial charge in [-0.2, -0.15) is 0 Å². The van der Waals surface area contributed by atoms with Crippen molar-refractivity contribution in [2.45, 2.75) is 0 Å². The Kier molecular flexibility index (Phi) is 3.88. The fourth-order valence-electron chi connectivity index (χ4n) is 2.24. The second-order valence-electron chi connectivity index (χ2n) is 4.87. The van der Waals surface area contributed by atoms with Crippen LogP contribution in [0.15, 0.2) is 65.5 Å². The maximum Gasteiger partial charge on any atom is 0.270 e. The van der Waals surface area contributed by atoms with Gasteiger partial charge in [0.05, 0.1) is 5.56 Å². The quantitative estimate of drug-likeness (QED) is 0.628. The summed E-state index contributed by atoms with van der Waals surface area (Å²) >= 11 is 0. The number of para-hydroxylation sites is 1. The molecule has 0 spiro atoms. The van der Waals surface area contributed by atoms with Crippen molar-refractivity contribution in [1.29, 1.82) is 0 Å². The molecule has 3 rings (SSSR count). The maximum absolute atomic E-state index is 12.3. The van der Waals surface area contributed by atoms with Crippen molar-refractivity contribution in [2.24, 2.45) is 0 Å². The van der Waals surface area contributed by atoms with Gasteiger partial charge in [-0.3, -0.25) is 25.2 Å². The largest absolute Gasteiger partial charge is 0.322 e. The van der Waals surface area contributed by atoms with E-state index in [4.69, 9.17) is 0 Å². The van der Waals surface area contributed by atoms with Crippen LogP contribution in [-0.4, -0.2) is 16.8 Å². The molecule has 1 aromatic heterocycles. The second-order valence-corrected chi connectivity index (χ2v) is 4.87. The van der Waals surface area contributed by atoms with E-state index < -0.39 is 11.8 Å². The van der Waals surface area contributed by atoms with E-state index in [1.165, 1.54) is 6.07 Å². The van der Waals surface area contributed by atoms with E-state index in [1.807, 2.05) is 0 Å². The fraction of sp³-hybridized carbons (Fsp3) is 0. The number of pyridine rings is 1. The number of hydrogen-bond acceptors (Lipinski definition) is 3. The van der Waals surface area contributed by atoms with Crippen LogP contribution in [0, 0.1) is 0 Å². The zero-order valence-corrected chi connectivity index (χ0v) is 12.0. The van der Waals surface area contributed by atoms with Gasteiger partial charge in [0, 0.05) is 22.5 Å². The number of fused-ring (bicyclic) bond motifs is 1. The number of benzene rings is 2. The van der Waals surface area contributed by atoms with Gasteiger partial charge in [-0.1, -0.05) is 36.4 Å². The van der Waals surface area contributed by atoms with Crippen LogP contribution in [0.4, 0.5) is 0 Å². The summed E-state index contributed by atoms with van der Waals surface area (Å²) in [5.74, 6) is -0.996. The first-order valence-electron chi connectivity index (χ1n) is 6.93. The molecule has 0 bridgehead atoms. The summed E-state index contributed by atoms with van der Waals surface area (Å²) in [5, 5.41) is 0.596. The molecule has 3 aromatic rings. The Hall–Kier alpha value is -3.41. The van der Waals surface area contributed by atoms with Gasteiger partial charge in [0.2, 0.25) is 5.56 Å². The van der Waals surface area contributed by atoms with Gasteiger partial charge in [-0.25, -0.2) is 0 Å². The van der Waals surface area contributed by atoms with Gasteiger partial charge in [0.15, 0.2) is 0 Å². The zero-order chi connectivity index (χ0) is 16.2. The van der Waals surface area contributed by atoms with E-state index in [2.05, 4.69) is 15.8 Å². The van der Waals surface area contributed by atoms with Crippen molar-refractivity contribution in [3.63, 3.8) is 0 Å². The molecule has 6 heteroatoms. The van der Waals surface area contributed by atoms with Crippen molar-refractivity contribution in [3.05, 3.63) is 82.1 Å². The first kappa shape index (κ1) is 14.5. The van der Waals surface area contributed by atoms with Crippen LogP contribution >= 0.6 is 0 Å². The Morgan fingerprint density at radius 1 is 0.826 bits per heavy atom. The number of aromatic amines is 1. The predicted molar refractivity (Wildman–Crippen MR) is 85.9 cm³/mol. The Balaban J connectivity index is 1.82. The lowest BCUT2D eigenvalue weighted by molar-refractivity contribution is 0.0847. The normalized spacial score (nSPS) is 10.3. The average Bonchev–Trinajstić information content (AvgIpc) is 2.59. The van der Waals surface area contributed by atoms with Crippen LogP contribution in [0.5, 0.6) is 0 Å². The maximum atomic E-state index is 12.3. The molecule has 23 heavy (non-hydrogen) atoms. The minimum atomic E-state index is -0.559. The summed E-state index contributed by atoms with van der Waals surface area (Å²) in [6.07, 6.45) is 0. The molecule has 6 nitrogen and oxygen atoms in total. The zero-order valence-electron chi connectivity index (χ0n) is 12.0. The number of hydrogen-bond donors (Lipinski definition) is 3. The summed E-state index contributed by atoms with van der Waals surface area (Å²) in [5.41, 5.74) is 5.44. The lowest BCUT2D eigenvalue weighted by Crippen LogP contribution is -2.42. The number of carbonyl (C=O) groups is 2. The minimum absolute atomic E-state index is 0.192. The lowest BCUT2D eigenvalue weighted by Gasteiger charge is -2.09. The van der Waals surface area contributed by atoms with Crippen LogP contribution in [-0.2, 0) is 0 Å². The van der Waals surface area contributed by atoms with Crippen LogP contribution in [0.2, 0.25) is 0 Å². The van der Waals surface area contributed by atoms with Crippen LogP contribution in [0.3, 0.4) is 0 Å². The summed E-state index contributed by atoms with van der Waals surface area (Å²) in [6, 6.07) is 16.6. The molecule has 114 valence electrons. The lowest BCUT2D eigenvalue weighted by atomic mass is 10.1. The SMILES string of the molecule is O=C(NNC(=O)c1cc(=O)[nH]c2ccccc12)c1ccccc1. The van der Waals surface area contributed by atoms with E-state index in [0.717, 1.165) is 0 Å². The standard InChI is InChI=1S/C17H13N3O3/c21-15-10-13(12-8-4-5-9-14(12)18-15)17(23)20-19-16(22)11-6-2-1-3-7-11/h1-10H,(H,18,21)(H,19,22)(H,20,23). The molecule has 0 atom stereocenters. The number of rotatable bonds is 2. The van der Waals surface area contributed by atoms with Gasteiger partial charge in [0.25, 0.3) is 11.8 Å². The first-order valence-corrected chi connectivity index (χ1v) is 6.93. The Morgan fingerprint density at radius 3 is 2.26 bits per heavy atom. The number of nitrogens with one attached hydrogen (secondary N) is 3. The van der Waals surface area contributed by atoms with Crippen LogP contribution < -0.4 is 16.4 Å². The molecular formula is C17H13N3O3. The Labute approximate surface area is 131 Å². The minimum Gasteiger partial charge on any atom is -0.322 e. The highest BCUT2D eigenvalue weighted by Crippen LogP contribution is 2.14. The average molecular weight is 307 g/mol. The second kappa shape index (κ2) is 6.15. The summed E-state index contributed by atoms with van der Waals surface area (Å²) in [4.78, 5) is 38.5. The molecule has 0 saturated heterocycles. The molecule has 0 radical (unpaired) electrons. The van der Waals surface area contributed by atoms with Gasteiger partial charge < -0.3 is 4.98 Å². The molecule has 0 saturated carbocycles. The first-order chi connectivity index (χ1) is 11.1. The monoisotopic (exact) mass is 307 g/mol. The topological polar surface area (TPSA) is 91.1 Å². The summed E-state index contributed by atoms with van der Waals surface area (Å²) in [7, 11) is 0. The molecule has 0 aliphatic carbocycles. The van der Waals surface area contributed by atoms with E-state index in [9.17, 15) is 14.4 Å². The molecule has 0 aliphatic rings. The van der Waals surface area contributed by atoms with Crippen LogP contribution in [0.1, 0.15) is 20.7 Å². The number of amides is 2. The Morgan fingerprint density at radius 2 is 1.48 bits per heavy atom. The summed E-state index contributed by atoms with van der Waals surface area (Å²) in [6.45, 7) is 0. The van der Waals surface area contributed by atoms with Gasteiger partial charge in [-0.05, 0) is 18.2 Å². The number of aromatic nitrogens is 1. The highest BCUT2D eigenvalue weighted by atomic mass is 16.2. The van der Waals surface area contributed by atoms with Crippen molar-refractivity contribution in [1.82, 2.24) is 15.8 Å². The third kappa shape index (κ3) is 3.11. The molecule has 0 unspecified atom stereocenters. The van der Waals surface area contributed by atoms with Crippen molar-refractivity contribution < 1.29 is 9.59 Å². The molecule has 0 fully saturated rings. The fourth-order valence-corrected chi connectivity index (χ4v) is 2.24. The van der Waals surface area contributed by atoms with E-state index in [1.54, 1.807) is 54.6 Å². The van der Waals surface area contributed by atoms with E-state index in [-0.39, 0.29) is 11.1 Å². The number of H-pyrrole nitrogens is 1. The molecule has 2 aromatic carbocycles. The highest BCUT2D eigenvalue weighted by Gasteiger charge is 2.13. The predicted octanol–water partition coefficient (Wildman–Crippen LogP) is 1.60. The van der Waals surface area contributed by atoms with Crippen molar-refractivity contribution >= 4 is 22.7 Å². The van der Waals surface area contributed by atoms with Gasteiger partial charge in [-0.15, -0.1) is 0 Å². The summed E-state index contributed by atoms with van der Waals surface area (Å²) < 4.78 is 0. The Bertz CT molecular complexity index is 932. The number of carbonyl (C=O) groups excluding carboxylic acids is 2. The molecule has 3 N–H and O–H groups in total. The van der Waals surface area contributed by atoms with Crippen LogP contribution in [0.25, 0.3) is 10.9 Å².